The largest absolute Gasteiger partial charge is 0.490 e. The molecule has 0 aliphatic carbocycles. The van der Waals surface area contributed by atoms with Crippen LogP contribution in [-0.4, -0.2) is 12.8 Å². The minimum Gasteiger partial charge on any atom is -0.490 e. The van der Waals surface area contributed by atoms with Gasteiger partial charge in [-0.15, -0.1) is 0 Å². The van der Waals surface area contributed by atoms with E-state index in [1.807, 2.05) is 104 Å². The first-order valence-electron chi connectivity index (χ1n) is 10.7. The third-order valence-corrected chi connectivity index (χ3v) is 5.33. The molecule has 0 saturated heterocycles. The fraction of sp³-hybridized carbons (Fsp3) is 0.107. The van der Waals surface area contributed by atoms with Gasteiger partial charge in [-0.3, -0.25) is 4.99 Å². The first kappa shape index (κ1) is 22.6. The van der Waals surface area contributed by atoms with Crippen LogP contribution in [0, 0.1) is 0 Å². The van der Waals surface area contributed by atoms with Crippen LogP contribution < -0.4 is 14.2 Å². The highest BCUT2D eigenvalue weighted by molar-refractivity contribution is 9.10. The van der Waals surface area contributed by atoms with Crippen molar-refractivity contribution in [2.45, 2.75) is 13.5 Å². The highest BCUT2D eigenvalue weighted by atomic mass is 79.9. The third-order valence-electron chi connectivity index (χ3n) is 4.74. The zero-order valence-corrected chi connectivity index (χ0v) is 19.9. The van der Waals surface area contributed by atoms with Gasteiger partial charge in [0.15, 0.2) is 11.5 Å². The van der Waals surface area contributed by atoms with Crippen LogP contribution in [0.1, 0.15) is 18.1 Å². The van der Waals surface area contributed by atoms with Gasteiger partial charge in [-0.2, -0.15) is 0 Å². The van der Waals surface area contributed by atoms with Gasteiger partial charge in [0.05, 0.1) is 16.8 Å². The minimum atomic E-state index is 0.463. The number of ether oxygens (including phenoxy) is 3. The summed E-state index contributed by atoms with van der Waals surface area (Å²) in [5.41, 5.74) is 2.83. The van der Waals surface area contributed by atoms with E-state index in [0.717, 1.165) is 32.8 Å². The molecule has 0 heterocycles. The molecule has 0 radical (unpaired) electrons. The van der Waals surface area contributed by atoms with Gasteiger partial charge in [0.25, 0.3) is 0 Å². The Morgan fingerprint density at radius 3 is 2.15 bits per heavy atom. The first-order valence-corrected chi connectivity index (χ1v) is 11.5. The van der Waals surface area contributed by atoms with Crippen LogP contribution in [0.4, 0.5) is 5.69 Å². The van der Waals surface area contributed by atoms with Gasteiger partial charge < -0.3 is 14.2 Å². The maximum absolute atomic E-state index is 6.06. The Hall–Kier alpha value is -3.57. The van der Waals surface area contributed by atoms with Gasteiger partial charge in [0.2, 0.25) is 0 Å². The molecule has 0 atom stereocenters. The van der Waals surface area contributed by atoms with E-state index in [1.165, 1.54) is 0 Å². The topological polar surface area (TPSA) is 40.0 Å². The zero-order valence-electron chi connectivity index (χ0n) is 18.3. The number of hydrogen-bond donors (Lipinski definition) is 0. The van der Waals surface area contributed by atoms with Crippen LogP contribution >= 0.6 is 15.9 Å². The molecule has 0 aliphatic rings. The fourth-order valence-corrected chi connectivity index (χ4v) is 3.74. The van der Waals surface area contributed by atoms with Crippen molar-refractivity contribution >= 4 is 27.8 Å². The van der Waals surface area contributed by atoms with Gasteiger partial charge in [0.1, 0.15) is 18.1 Å². The molecule has 5 heteroatoms. The van der Waals surface area contributed by atoms with Crippen molar-refractivity contribution in [1.82, 2.24) is 0 Å². The molecule has 0 saturated carbocycles. The second-order valence-corrected chi connectivity index (χ2v) is 8.06. The molecule has 0 N–H and O–H groups in total. The maximum Gasteiger partial charge on any atom is 0.175 e. The molecular weight excluding hydrogens is 478 g/mol. The SMILES string of the molecule is CCOc1cc(C=Nc2ccc(Oc3ccccc3)cc2)cc(Br)c1OCc1ccccc1. The molecule has 4 aromatic rings. The van der Waals surface area contributed by atoms with Crippen molar-refractivity contribution in [1.29, 1.82) is 0 Å². The fourth-order valence-electron chi connectivity index (χ4n) is 3.17. The molecule has 4 nitrogen and oxygen atoms in total. The summed E-state index contributed by atoms with van der Waals surface area (Å²) in [6, 6.07) is 31.3. The Balaban J connectivity index is 1.46. The van der Waals surface area contributed by atoms with Gasteiger partial charge >= 0.3 is 0 Å². The standard InChI is InChI=1S/C28H24BrNO3/c1-2-31-27-18-22(17-26(29)28(27)32-20-21-9-5-3-6-10-21)19-30-23-13-15-25(16-14-23)33-24-11-7-4-8-12-24/h3-19H,2,20H2,1H3. The van der Waals surface area contributed by atoms with Crippen LogP contribution in [0.25, 0.3) is 0 Å². The number of halogens is 1. The second kappa shape index (κ2) is 11.3. The molecule has 166 valence electrons. The van der Waals surface area contributed by atoms with Crippen molar-refractivity contribution in [3.8, 4) is 23.0 Å². The minimum absolute atomic E-state index is 0.463. The van der Waals surface area contributed by atoms with E-state index >= 15 is 0 Å². The summed E-state index contributed by atoms with van der Waals surface area (Å²) in [5.74, 6) is 2.93. The van der Waals surface area contributed by atoms with Gasteiger partial charge in [0, 0.05) is 6.21 Å². The van der Waals surface area contributed by atoms with Crippen molar-refractivity contribution in [2.24, 2.45) is 4.99 Å². The summed E-state index contributed by atoms with van der Waals surface area (Å²) in [6.45, 7) is 2.96. The molecule has 4 rings (SSSR count). The lowest BCUT2D eigenvalue weighted by Crippen LogP contribution is -2.01. The number of nitrogens with zero attached hydrogens (tertiary/aromatic N) is 1. The molecule has 0 bridgehead atoms. The number of hydrogen-bond acceptors (Lipinski definition) is 4. The lowest BCUT2D eigenvalue weighted by molar-refractivity contribution is 0.267. The Kier molecular flexibility index (Phi) is 7.77. The molecule has 0 fully saturated rings. The van der Waals surface area contributed by atoms with E-state index in [1.54, 1.807) is 6.21 Å². The van der Waals surface area contributed by atoms with Crippen LogP contribution in [0.2, 0.25) is 0 Å². The quantitative estimate of drug-likeness (QED) is 0.218. The lowest BCUT2D eigenvalue weighted by atomic mass is 10.2. The Labute approximate surface area is 202 Å². The van der Waals surface area contributed by atoms with Gasteiger partial charge in [-0.25, -0.2) is 0 Å². The van der Waals surface area contributed by atoms with E-state index in [2.05, 4.69) is 20.9 Å². The predicted octanol–water partition coefficient (Wildman–Crippen LogP) is 7.97. The lowest BCUT2D eigenvalue weighted by Gasteiger charge is -2.14. The molecule has 0 spiro atoms. The summed E-state index contributed by atoms with van der Waals surface area (Å²) in [7, 11) is 0. The van der Waals surface area contributed by atoms with Crippen molar-refractivity contribution < 1.29 is 14.2 Å². The van der Waals surface area contributed by atoms with Crippen molar-refractivity contribution in [3.05, 3.63) is 113 Å². The monoisotopic (exact) mass is 501 g/mol. The molecule has 0 amide bonds. The summed E-state index contributed by atoms with van der Waals surface area (Å²) >= 11 is 3.63. The highest BCUT2D eigenvalue weighted by Gasteiger charge is 2.12. The van der Waals surface area contributed by atoms with Gasteiger partial charge in [-0.05, 0) is 82.5 Å². The molecule has 0 unspecified atom stereocenters. The summed E-state index contributed by atoms with van der Waals surface area (Å²) in [6.07, 6.45) is 1.81. The summed E-state index contributed by atoms with van der Waals surface area (Å²) in [5, 5.41) is 0. The molecule has 4 aromatic carbocycles. The van der Waals surface area contributed by atoms with Crippen LogP contribution in [0.15, 0.2) is 107 Å². The summed E-state index contributed by atoms with van der Waals surface area (Å²) < 4.78 is 18.5. The number of benzene rings is 4. The van der Waals surface area contributed by atoms with E-state index in [4.69, 9.17) is 14.2 Å². The van der Waals surface area contributed by atoms with E-state index in [9.17, 15) is 0 Å². The number of para-hydroxylation sites is 1. The Morgan fingerprint density at radius 1 is 0.788 bits per heavy atom. The van der Waals surface area contributed by atoms with Crippen LogP contribution in [0.5, 0.6) is 23.0 Å². The zero-order chi connectivity index (χ0) is 22.9. The maximum atomic E-state index is 6.06. The third kappa shape index (κ3) is 6.46. The normalized spacial score (nSPS) is 10.8. The molecular formula is C28H24BrNO3. The first-order chi connectivity index (χ1) is 16.2. The Bertz CT molecular complexity index is 1190. The van der Waals surface area contributed by atoms with E-state index in [0.29, 0.717) is 24.7 Å². The smallest absolute Gasteiger partial charge is 0.175 e. The molecule has 0 aliphatic heterocycles. The van der Waals surface area contributed by atoms with Gasteiger partial charge in [-0.1, -0.05) is 48.5 Å². The number of aliphatic imine (C=N–C) groups is 1. The molecule has 0 aromatic heterocycles. The average Bonchev–Trinajstić information content (AvgIpc) is 2.85. The van der Waals surface area contributed by atoms with Crippen molar-refractivity contribution in [2.75, 3.05) is 6.61 Å². The van der Waals surface area contributed by atoms with Crippen LogP contribution in [0.3, 0.4) is 0 Å². The average molecular weight is 502 g/mol. The van der Waals surface area contributed by atoms with Crippen molar-refractivity contribution in [3.63, 3.8) is 0 Å². The summed E-state index contributed by atoms with van der Waals surface area (Å²) in [4.78, 5) is 4.59. The Morgan fingerprint density at radius 2 is 1.45 bits per heavy atom. The molecule has 33 heavy (non-hydrogen) atoms. The predicted molar refractivity (Wildman–Crippen MR) is 136 cm³/mol. The van der Waals surface area contributed by atoms with E-state index in [-0.39, 0.29) is 0 Å². The van der Waals surface area contributed by atoms with E-state index < -0.39 is 0 Å². The highest BCUT2D eigenvalue weighted by Crippen LogP contribution is 2.37. The van der Waals surface area contributed by atoms with Crippen LogP contribution in [-0.2, 0) is 6.61 Å². The second-order valence-electron chi connectivity index (χ2n) is 7.20. The number of rotatable bonds is 9.